The van der Waals surface area contributed by atoms with Crippen LogP contribution in [0.5, 0.6) is 5.88 Å². The Labute approximate surface area is 82.9 Å². The van der Waals surface area contributed by atoms with Gasteiger partial charge in [-0.05, 0) is 18.9 Å². The second-order valence-electron chi connectivity index (χ2n) is 3.48. The van der Waals surface area contributed by atoms with Gasteiger partial charge in [0.25, 0.3) is 0 Å². The molecule has 0 saturated heterocycles. The molecule has 2 atom stereocenters. The highest BCUT2D eigenvalue weighted by molar-refractivity contribution is 5.43. The van der Waals surface area contributed by atoms with Crippen LogP contribution in [0.15, 0.2) is 18.3 Å². The minimum absolute atomic E-state index is 0.185. The molecule has 4 heteroatoms. The van der Waals surface area contributed by atoms with Crippen molar-refractivity contribution < 1.29 is 9.84 Å². The first-order valence-corrected chi connectivity index (χ1v) is 4.74. The van der Waals surface area contributed by atoms with Gasteiger partial charge in [-0.15, -0.1) is 0 Å². The van der Waals surface area contributed by atoms with E-state index in [0.29, 0.717) is 5.88 Å². The fraction of sp³-hybridized carbons (Fsp3) is 0.500. The van der Waals surface area contributed by atoms with Gasteiger partial charge < -0.3 is 15.2 Å². The van der Waals surface area contributed by atoms with E-state index in [1.54, 1.807) is 19.4 Å². The van der Waals surface area contributed by atoms with Crippen LogP contribution in [0.1, 0.15) is 12.8 Å². The molecule has 1 fully saturated rings. The summed E-state index contributed by atoms with van der Waals surface area (Å²) < 4.78 is 4.95. The Bertz CT molecular complexity index is 299. The van der Waals surface area contributed by atoms with Crippen LogP contribution in [-0.2, 0) is 0 Å². The molecule has 2 N–H and O–H groups in total. The van der Waals surface area contributed by atoms with Crippen LogP contribution in [0.25, 0.3) is 0 Å². The summed E-state index contributed by atoms with van der Waals surface area (Å²) in [4.78, 5) is 4.07. The van der Waals surface area contributed by atoms with Crippen molar-refractivity contribution in [3.8, 4) is 5.88 Å². The molecule has 0 spiro atoms. The van der Waals surface area contributed by atoms with E-state index in [0.717, 1.165) is 18.5 Å². The number of aliphatic hydroxyl groups is 1. The summed E-state index contributed by atoms with van der Waals surface area (Å²) in [6, 6.07) is 3.88. The van der Waals surface area contributed by atoms with Crippen molar-refractivity contribution in [2.75, 3.05) is 12.4 Å². The maximum absolute atomic E-state index is 9.36. The fourth-order valence-corrected chi connectivity index (χ4v) is 1.45. The molecule has 0 bridgehead atoms. The number of pyridine rings is 1. The predicted octanol–water partition coefficient (Wildman–Crippen LogP) is 1.03. The average Bonchev–Trinajstić information content (AvgIpc) is 2.24. The summed E-state index contributed by atoms with van der Waals surface area (Å²) in [7, 11) is 1.59. The normalized spacial score (nSPS) is 25.3. The van der Waals surface area contributed by atoms with Gasteiger partial charge in [0.05, 0.1) is 31.1 Å². The second-order valence-corrected chi connectivity index (χ2v) is 3.48. The highest BCUT2D eigenvalue weighted by Crippen LogP contribution is 2.24. The number of nitrogens with one attached hydrogen (secondary N) is 1. The number of rotatable bonds is 3. The molecule has 0 radical (unpaired) electrons. The molecular formula is C10H14N2O2. The SMILES string of the molecule is COc1ccc(N[C@@H]2CC[C@H]2O)cn1. The van der Waals surface area contributed by atoms with Crippen LogP contribution in [-0.4, -0.2) is 29.3 Å². The lowest BCUT2D eigenvalue weighted by Crippen LogP contribution is -2.42. The number of nitrogens with zero attached hydrogens (tertiary/aromatic N) is 1. The largest absolute Gasteiger partial charge is 0.481 e. The van der Waals surface area contributed by atoms with Crippen molar-refractivity contribution in [3.05, 3.63) is 18.3 Å². The van der Waals surface area contributed by atoms with Gasteiger partial charge >= 0.3 is 0 Å². The molecule has 0 aliphatic heterocycles. The average molecular weight is 194 g/mol. The monoisotopic (exact) mass is 194 g/mol. The molecule has 14 heavy (non-hydrogen) atoms. The first-order valence-electron chi connectivity index (χ1n) is 4.74. The molecule has 1 heterocycles. The highest BCUT2D eigenvalue weighted by Gasteiger charge is 2.28. The topological polar surface area (TPSA) is 54.4 Å². The van der Waals surface area contributed by atoms with Crippen molar-refractivity contribution in [1.82, 2.24) is 4.98 Å². The van der Waals surface area contributed by atoms with Crippen LogP contribution in [0.4, 0.5) is 5.69 Å². The third-order valence-corrected chi connectivity index (χ3v) is 2.54. The lowest BCUT2D eigenvalue weighted by molar-refractivity contribution is 0.0786. The molecule has 1 saturated carbocycles. The molecule has 1 aliphatic rings. The van der Waals surface area contributed by atoms with Crippen molar-refractivity contribution >= 4 is 5.69 Å². The maximum Gasteiger partial charge on any atom is 0.213 e. The number of ether oxygens (including phenoxy) is 1. The number of methoxy groups -OCH3 is 1. The van der Waals surface area contributed by atoms with E-state index in [9.17, 15) is 5.11 Å². The minimum atomic E-state index is -0.211. The fourth-order valence-electron chi connectivity index (χ4n) is 1.45. The Kier molecular flexibility index (Phi) is 2.54. The van der Waals surface area contributed by atoms with E-state index in [1.807, 2.05) is 6.07 Å². The van der Waals surface area contributed by atoms with E-state index in [2.05, 4.69) is 10.3 Å². The zero-order chi connectivity index (χ0) is 9.97. The Morgan fingerprint density at radius 3 is 2.79 bits per heavy atom. The number of hydrogen-bond acceptors (Lipinski definition) is 4. The van der Waals surface area contributed by atoms with Crippen molar-refractivity contribution in [2.45, 2.75) is 25.0 Å². The molecular weight excluding hydrogens is 180 g/mol. The van der Waals surface area contributed by atoms with E-state index >= 15 is 0 Å². The molecule has 0 amide bonds. The predicted molar refractivity (Wildman–Crippen MR) is 53.4 cm³/mol. The minimum Gasteiger partial charge on any atom is -0.481 e. The molecule has 76 valence electrons. The first kappa shape index (κ1) is 9.27. The number of aromatic nitrogens is 1. The lowest BCUT2D eigenvalue weighted by Gasteiger charge is -2.33. The second kappa shape index (κ2) is 3.84. The third kappa shape index (κ3) is 1.80. The molecule has 1 aromatic heterocycles. The number of anilines is 1. The van der Waals surface area contributed by atoms with Gasteiger partial charge in [0, 0.05) is 6.07 Å². The van der Waals surface area contributed by atoms with Crippen molar-refractivity contribution in [1.29, 1.82) is 0 Å². The van der Waals surface area contributed by atoms with Crippen LogP contribution in [0.3, 0.4) is 0 Å². The Morgan fingerprint density at radius 1 is 1.50 bits per heavy atom. The van der Waals surface area contributed by atoms with E-state index in [1.165, 1.54) is 0 Å². The number of aliphatic hydroxyl groups excluding tert-OH is 1. The summed E-state index contributed by atoms with van der Waals surface area (Å²) in [5, 5.41) is 12.6. The van der Waals surface area contributed by atoms with Gasteiger partial charge in [-0.2, -0.15) is 0 Å². The van der Waals surface area contributed by atoms with Crippen LogP contribution in [0, 0.1) is 0 Å². The zero-order valence-corrected chi connectivity index (χ0v) is 8.10. The van der Waals surface area contributed by atoms with Gasteiger partial charge in [-0.3, -0.25) is 0 Å². The van der Waals surface area contributed by atoms with Crippen LogP contribution >= 0.6 is 0 Å². The summed E-state index contributed by atoms with van der Waals surface area (Å²) in [6.07, 6.45) is 3.41. The van der Waals surface area contributed by atoms with Gasteiger partial charge in [0.2, 0.25) is 5.88 Å². The summed E-state index contributed by atoms with van der Waals surface area (Å²) in [5.74, 6) is 0.602. The quantitative estimate of drug-likeness (QED) is 0.754. The molecule has 2 rings (SSSR count). The maximum atomic E-state index is 9.36. The third-order valence-electron chi connectivity index (χ3n) is 2.54. The lowest BCUT2D eigenvalue weighted by atomic mass is 9.89. The zero-order valence-electron chi connectivity index (χ0n) is 8.10. The van der Waals surface area contributed by atoms with Gasteiger partial charge in [0.15, 0.2) is 0 Å². The molecule has 4 nitrogen and oxygen atoms in total. The Morgan fingerprint density at radius 2 is 2.36 bits per heavy atom. The molecule has 0 unspecified atom stereocenters. The van der Waals surface area contributed by atoms with Crippen LogP contribution in [0.2, 0.25) is 0 Å². The van der Waals surface area contributed by atoms with E-state index in [4.69, 9.17) is 4.74 Å². The smallest absolute Gasteiger partial charge is 0.213 e. The number of hydrogen-bond donors (Lipinski definition) is 2. The van der Waals surface area contributed by atoms with E-state index in [-0.39, 0.29) is 12.1 Å². The summed E-state index contributed by atoms with van der Waals surface area (Å²) >= 11 is 0. The molecule has 0 aromatic carbocycles. The Hall–Kier alpha value is -1.29. The Balaban J connectivity index is 1.96. The summed E-state index contributed by atoms with van der Waals surface area (Å²) in [5.41, 5.74) is 0.926. The van der Waals surface area contributed by atoms with E-state index < -0.39 is 0 Å². The van der Waals surface area contributed by atoms with Crippen molar-refractivity contribution in [3.63, 3.8) is 0 Å². The molecule has 1 aliphatic carbocycles. The first-order chi connectivity index (χ1) is 6.79. The standard InChI is InChI=1S/C10H14N2O2/c1-14-10-5-2-7(6-11-10)12-8-3-4-9(8)13/h2,5-6,8-9,12-13H,3-4H2,1H3/t8-,9-/m1/s1. The highest BCUT2D eigenvalue weighted by atomic mass is 16.5. The van der Waals surface area contributed by atoms with Gasteiger partial charge in [-0.25, -0.2) is 4.98 Å². The van der Waals surface area contributed by atoms with Gasteiger partial charge in [-0.1, -0.05) is 0 Å². The summed E-state index contributed by atoms with van der Waals surface area (Å²) in [6.45, 7) is 0. The van der Waals surface area contributed by atoms with Crippen LogP contribution < -0.4 is 10.1 Å². The van der Waals surface area contributed by atoms with Gasteiger partial charge in [0.1, 0.15) is 0 Å². The van der Waals surface area contributed by atoms with Crippen molar-refractivity contribution in [2.24, 2.45) is 0 Å². The molecule has 1 aromatic rings.